The summed E-state index contributed by atoms with van der Waals surface area (Å²) >= 11 is 0. The Labute approximate surface area is 97.6 Å². The van der Waals surface area contributed by atoms with Crippen LogP contribution in [-0.4, -0.2) is 17.2 Å². The summed E-state index contributed by atoms with van der Waals surface area (Å²) in [4.78, 5) is 0. The largest absolute Gasteiger partial charge is 0.388 e. The molecule has 88 valence electrons. The van der Waals surface area contributed by atoms with Crippen molar-refractivity contribution in [3.8, 4) is 0 Å². The van der Waals surface area contributed by atoms with E-state index in [1.165, 1.54) is 5.56 Å². The number of aryl methyl sites for hydroxylation is 1. The van der Waals surface area contributed by atoms with Crippen LogP contribution in [0.1, 0.15) is 19.4 Å². The van der Waals surface area contributed by atoms with E-state index in [2.05, 4.69) is 47.7 Å². The summed E-state index contributed by atoms with van der Waals surface area (Å²) in [6, 6.07) is 4.17. The predicted octanol–water partition coefficient (Wildman–Crippen LogP) is 3.74. The summed E-state index contributed by atoms with van der Waals surface area (Å²) < 4.78 is 0. The number of fused-ring (bicyclic) bond motifs is 1. The van der Waals surface area contributed by atoms with Crippen molar-refractivity contribution in [3.63, 3.8) is 0 Å². The van der Waals surface area contributed by atoms with Crippen molar-refractivity contribution >= 4 is 16.6 Å². The van der Waals surface area contributed by atoms with Crippen LogP contribution in [0.15, 0.2) is 31.5 Å². The molecule has 0 unspecified atom stereocenters. The average Bonchev–Trinajstić information content (AvgIpc) is 2.83. The monoisotopic (exact) mass is 219 g/mol. The number of aromatic amines is 1. The fourth-order valence-corrected chi connectivity index (χ4v) is 1.38. The Morgan fingerprint density at radius 3 is 2.44 bits per heavy atom. The molecule has 0 amide bonds. The molecule has 0 spiro atoms. The molecule has 0 aliphatic rings. The zero-order chi connectivity index (χ0) is 12.6. The van der Waals surface area contributed by atoms with Crippen LogP contribution in [0.2, 0.25) is 0 Å². The zero-order valence-corrected chi connectivity index (χ0v) is 10.6. The first kappa shape index (κ1) is 14.2. The van der Waals surface area contributed by atoms with Crippen LogP contribution in [0.3, 0.4) is 0 Å². The lowest BCUT2D eigenvalue weighted by molar-refractivity contribution is 1.11. The number of hydrogen-bond donors (Lipinski definition) is 2. The van der Waals surface area contributed by atoms with Crippen LogP contribution < -0.4 is 5.32 Å². The molecule has 0 fully saturated rings. The molecule has 2 N–H and O–H groups in total. The molecule has 0 aliphatic heterocycles. The first-order valence-corrected chi connectivity index (χ1v) is 5.43. The number of nitrogens with one attached hydrogen (secondary N) is 2. The number of rotatable bonds is 1. The lowest BCUT2D eigenvalue weighted by Crippen LogP contribution is -1.88. The fourth-order valence-electron chi connectivity index (χ4n) is 1.38. The fraction of sp³-hybridized carbons (Fsp3) is 0.308. The van der Waals surface area contributed by atoms with Gasteiger partial charge in [0.15, 0.2) is 0 Å². The summed E-state index contributed by atoms with van der Waals surface area (Å²) in [7, 11) is 1.92. The molecule has 0 atom stereocenters. The zero-order valence-electron chi connectivity index (χ0n) is 10.6. The molecule has 0 bridgehead atoms. The van der Waals surface area contributed by atoms with E-state index in [0.717, 1.165) is 16.6 Å². The minimum Gasteiger partial charge on any atom is -0.388 e. The highest BCUT2D eigenvalue weighted by atomic mass is 15.1. The third-order valence-electron chi connectivity index (χ3n) is 2.03. The minimum atomic E-state index is 1.12. The molecule has 0 saturated carbocycles. The normalized spacial score (nSPS) is 8.50. The maximum absolute atomic E-state index is 3.98. The van der Waals surface area contributed by atoms with Crippen molar-refractivity contribution in [1.29, 1.82) is 0 Å². The number of H-pyrrole nitrogens is 1. The second-order valence-corrected chi connectivity index (χ2v) is 2.88. The predicted molar refractivity (Wildman–Crippen MR) is 73.0 cm³/mol. The molecule has 1 aromatic carbocycles. The second-order valence-electron chi connectivity index (χ2n) is 2.88. The average molecular weight is 219 g/mol. The lowest BCUT2D eigenvalue weighted by atomic mass is 10.1. The Morgan fingerprint density at radius 2 is 1.88 bits per heavy atom. The quantitative estimate of drug-likeness (QED) is 0.717. The highest BCUT2D eigenvalue weighted by Gasteiger charge is 2.00. The molecule has 0 radical (unpaired) electrons. The van der Waals surface area contributed by atoms with Gasteiger partial charge < -0.3 is 5.32 Å². The van der Waals surface area contributed by atoms with Gasteiger partial charge in [0.25, 0.3) is 0 Å². The van der Waals surface area contributed by atoms with Gasteiger partial charge in [0.1, 0.15) is 0 Å². The number of nitrogens with zero attached hydrogens (tertiary/aromatic N) is 1. The molecule has 0 aliphatic carbocycles. The molecule has 2 rings (SSSR count). The van der Waals surface area contributed by atoms with E-state index < -0.39 is 0 Å². The van der Waals surface area contributed by atoms with E-state index in [0.29, 0.717) is 0 Å². The Balaban J connectivity index is 0.000000509. The smallest absolute Gasteiger partial charge is 0.0680 e. The second kappa shape index (κ2) is 7.51. The summed E-state index contributed by atoms with van der Waals surface area (Å²) in [6.45, 7) is 12.1. The van der Waals surface area contributed by atoms with Crippen LogP contribution in [0, 0.1) is 6.92 Å². The molecule has 3 heteroatoms. The summed E-state index contributed by atoms with van der Waals surface area (Å²) in [5.41, 5.74) is 3.46. The van der Waals surface area contributed by atoms with Crippen molar-refractivity contribution < 1.29 is 0 Å². The van der Waals surface area contributed by atoms with Crippen molar-refractivity contribution in [1.82, 2.24) is 10.2 Å². The first-order chi connectivity index (χ1) is 7.81. The third-order valence-corrected chi connectivity index (χ3v) is 2.03. The van der Waals surface area contributed by atoms with Crippen LogP contribution in [0.25, 0.3) is 10.9 Å². The molecule has 1 aromatic heterocycles. The van der Waals surface area contributed by atoms with Crippen LogP contribution in [0.5, 0.6) is 0 Å². The van der Waals surface area contributed by atoms with Gasteiger partial charge in [0.05, 0.1) is 11.7 Å². The van der Waals surface area contributed by atoms with Gasteiger partial charge in [-0.1, -0.05) is 13.8 Å². The standard InChI is InChI=1S/C9H11N3.C2H6.C2H4/c1-6-3-8(10-2)4-7-5-11-12-9(6)7;2*1-2/h3-5,10H,1-2H3,(H,11,12);1-2H3;1-2H2. The Morgan fingerprint density at radius 1 is 1.25 bits per heavy atom. The Bertz CT molecular complexity index is 418. The van der Waals surface area contributed by atoms with Crippen molar-refractivity contribution in [3.05, 3.63) is 37.1 Å². The van der Waals surface area contributed by atoms with Gasteiger partial charge in [-0.05, 0) is 24.6 Å². The highest BCUT2D eigenvalue weighted by molar-refractivity contribution is 5.84. The van der Waals surface area contributed by atoms with Gasteiger partial charge in [0, 0.05) is 18.1 Å². The molecule has 0 saturated heterocycles. The van der Waals surface area contributed by atoms with Gasteiger partial charge in [-0.15, -0.1) is 13.2 Å². The van der Waals surface area contributed by atoms with Crippen LogP contribution in [-0.2, 0) is 0 Å². The van der Waals surface area contributed by atoms with E-state index in [-0.39, 0.29) is 0 Å². The van der Waals surface area contributed by atoms with E-state index in [4.69, 9.17) is 0 Å². The molecule has 1 heterocycles. The Kier molecular flexibility index (Phi) is 6.68. The molecular weight excluding hydrogens is 198 g/mol. The topological polar surface area (TPSA) is 40.7 Å². The van der Waals surface area contributed by atoms with Crippen molar-refractivity contribution in [2.24, 2.45) is 0 Å². The van der Waals surface area contributed by atoms with Gasteiger partial charge in [-0.2, -0.15) is 5.10 Å². The van der Waals surface area contributed by atoms with Gasteiger partial charge >= 0.3 is 0 Å². The summed E-state index contributed by atoms with van der Waals surface area (Å²) in [5.74, 6) is 0. The summed E-state index contributed by atoms with van der Waals surface area (Å²) in [6.07, 6.45) is 1.84. The SMILES string of the molecule is C=C.CC.CNc1cc(C)c2[nH]ncc2c1. The molecule has 2 aromatic rings. The van der Waals surface area contributed by atoms with Crippen LogP contribution >= 0.6 is 0 Å². The maximum Gasteiger partial charge on any atom is 0.0680 e. The van der Waals surface area contributed by atoms with Gasteiger partial charge in [0.2, 0.25) is 0 Å². The number of aromatic nitrogens is 2. The van der Waals surface area contributed by atoms with Crippen molar-refractivity contribution in [2.45, 2.75) is 20.8 Å². The van der Waals surface area contributed by atoms with E-state index in [9.17, 15) is 0 Å². The van der Waals surface area contributed by atoms with E-state index in [1.54, 1.807) is 0 Å². The molecular formula is C13H21N3. The van der Waals surface area contributed by atoms with Crippen molar-refractivity contribution in [2.75, 3.05) is 12.4 Å². The summed E-state index contributed by atoms with van der Waals surface area (Å²) in [5, 5.41) is 11.2. The molecule has 3 nitrogen and oxygen atoms in total. The number of hydrogen-bond acceptors (Lipinski definition) is 2. The van der Waals surface area contributed by atoms with Gasteiger partial charge in [-0.25, -0.2) is 0 Å². The lowest BCUT2D eigenvalue weighted by Gasteiger charge is -2.01. The number of anilines is 1. The first-order valence-electron chi connectivity index (χ1n) is 5.43. The molecule has 16 heavy (non-hydrogen) atoms. The van der Waals surface area contributed by atoms with E-state index in [1.807, 2.05) is 27.1 Å². The third kappa shape index (κ3) is 3.12. The van der Waals surface area contributed by atoms with Gasteiger partial charge in [-0.3, -0.25) is 5.10 Å². The van der Waals surface area contributed by atoms with Crippen LogP contribution in [0.4, 0.5) is 5.69 Å². The maximum atomic E-state index is 3.98. The Hall–Kier alpha value is -1.77. The van der Waals surface area contributed by atoms with E-state index >= 15 is 0 Å². The number of benzene rings is 1. The highest BCUT2D eigenvalue weighted by Crippen LogP contribution is 2.20. The minimum absolute atomic E-state index is 1.12.